The number of aromatic nitrogens is 2. The standard InChI is InChI=1S/C23H16ClN5O3/c24-19-9-10-22(30)18(12-19)14-25-23-27-21(17-6-2-1-3-7-17)15-28(23)26-13-16-5-4-8-20(11-16)29(31)32/h1-15,30H/b25-14+,26-13+. The van der Waals surface area contributed by atoms with E-state index in [0.717, 1.165) is 5.56 Å². The van der Waals surface area contributed by atoms with Gasteiger partial charge >= 0.3 is 0 Å². The SMILES string of the molecule is O=[N+]([O-])c1cccc(/C=N/n2cc(-c3ccccc3)nc2/N=C/c2cc(Cl)ccc2O)c1. The van der Waals surface area contributed by atoms with E-state index in [1.54, 1.807) is 30.5 Å². The van der Waals surface area contributed by atoms with E-state index in [1.165, 1.54) is 35.3 Å². The summed E-state index contributed by atoms with van der Waals surface area (Å²) < 4.78 is 1.46. The Labute approximate surface area is 187 Å². The minimum atomic E-state index is -0.463. The van der Waals surface area contributed by atoms with Crippen molar-refractivity contribution in [2.45, 2.75) is 0 Å². The van der Waals surface area contributed by atoms with Gasteiger partial charge in [-0.3, -0.25) is 10.1 Å². The third-order valence-electron chi connectivity index (χ3n) is 4.46. The number of benzene rings is 3. The van der Waals surface area contributed by atoms with Gasteiger partial charge in [0.15, 0.2) is 0 Å². The highest BCUT2D eigenvalue weighted by molar-refractivity contribution is 6.30. The van der Waals surface area contributed by atoms with E-state index in [2.05, 4.69) is 15.1 Å². The first-order valence-corrected chi connectivity index (χ1v) is 9.83. The lowest BCUT2D eigenvalue weighted by Gasteiger charge is -1.99. The van der Waals surface area contributed by atoms with Gasteiger partial charge in [0.25, 0.3) is 11.6 Å². The number of aromatic hydroxyl groups is 1. The molecule has 0 aliphatic carbocycles. The Morgan fingerprint density at radius 3 is 2.62 bits per heavy atom. The maximum Gasteiger partial charge on any atom is 0.270 e. The Bertz CT molecular complexity index is 1330. The first-order chi connectivity index (χ1) is 15.5. The molecule has 0 fully saturated rings. The molecule has 158 valence electrons. The number of imidazole rings is 1. The van der Waals surface area contributed by atoms with Crippen molar-refractivity contribution in [1.82, 2.24) is 9.66 Å². The van der Waals surface area contributed by atoms with E-state index < -0.39 is 4.92 Å². The summed E-state index contributed by atoms with van der Waals surface area (Å²) in [5.41, 5.74) is 2.47. The number of nitro groups is 1. The van der Waals surface area contributed by atoms with Crippen LogP contribution in [0.4, 0.5) is 11.6 Å². The molecule has 1 aromatic heterocycles. The molecule has 3 aromatic carbocycles. The highest BCUT2D eigenvalue weighted by atomic mass is 35.5. The number of rotatable bonds is 6. The van der Waals surface area contributed by atoms with E-state index in [-0.39, 0.29) is 17.4 Å². The van der Waals surface area contributed by atoms with Gasteiger partial charge in [-0.05, 0) is 18.2 Å². The summed E-state index contributed by atoms with van der Waals surface area (Å²) in [7, 11) is 0. The molecule has 0 atom stereocenters. The molecule has 4 aromatic rings. The maximum atomic E-state index is 11.0. The Morgan fingerprint density at radius 1 is 1.03 bits per heavy atom. The normalized spacial score (nSPS) is 11.4. The third kappa shape index (κ3) is 4.88. The van der Waals surface area contributed by atoms with Crippen LogP contribution in [0.5, 0.6) is 5.75 Å². The molecular weight excluding hydrogens is 430 g/mol. The van der Waals surface area contributed by atoms with Crippen molar-refractivity contribution in [3.8, 4) is 17.0 Å². The van der Waals surface area contributed by atoms with Crippen LogP contribution in [0.15, 0.2) is 89.1 Å². The van der Waals surface area contributed by atoms with Gasteiger partial charge in [0.2, 0.25) is 0 Å². The van der Waals surface area contributed by atoms with Gasteiger partial charge in [-0.25, -0.2) is 14.7 Å². The number of nitrogens with zero attached hydrogens (tertiary/aromatic N) is 5. The third-order valence-corrected chi connectivity index (χ3v) is 4.70. The molecule has 0 unspecified atom stereocenters. The molecule has 8 nitrogen and oxygen atoms in total. The molecule has 9 heteroatoms. The van der Waals surface area contributed by atoms with Crippen molar-refractivity contribution in [2.75, 3.05) is 0 Å². The van der Waals surface area contributed by atoms with Gasteiger partial charge in [-0.15, -0.1) is 0 Å². The molecule has 4 rings (SSSR count). The lowest BCUT2D eigenvalue weighted by Crippen LogP contribution is -1.92. The summed E-state index contributed by atoms with van der Waals surface area (Å²) in [5.74, 6) is 0.282. The van der Waals surface area contributed by atoms with Crippen molar-refractivity contribution < 1.29 is 10.0 Å². The Kier molecular flexibility index (Phi) is 6.05. The van der Waals surface area contributed by atoms with Crippen molar-refractivity contribution in [2.24, 2.45) is 10.1 Å². The quantitative estimate of drug-likeness (QED) is 0.242. The van der Waals surface area contributed by atoms with Crippen LogP contribution in [-0.4, -0.2) is 32.1 Å². The van der Waals surface area contributed by atoms with Gasteiger partial charge in [0, 0.05) is 40.1 Å². The molecule has 1 heterocycles. The predicted molar refractivity (Wildman–Crippen MR) is 124 cm³/mol. The van der Waals surface area contributed by atoms with Crippen LogP contribution >= 0.6 is 11.6 Å². The van der Waals surface area contributed by atoms with Gasteiger partial charge in [-0.1, -0.05) is 54.1 Å². The Morgan fingerprint density at radius 2 is 1.84 bits per heavy atom. The lowest BCUT2D eigenvalue weighted by molar-refractivity contribution is -0.384. The van der Waals surface area contributed by atoms with E-state index in [9.17, 15) is 15.2 Å². The second kappa shape index (κ2) is 9.23. The van der Waals surface area contributed by atoms with Crippen molar-refractivity contribution in [1.29, 1.82) is 0 Å². The predicted octanol–water partition coefficient (Wildman–Crippen LogP) is 5.45. The summed E-state index contributed by atoms with van der Waals surface area (Å²) in [6, 6.07) is 20.3. The van der Waals surface area contributed by atoms with Crippen molar-refractivity contribution >= 4 is 35.7 Å². The molecule has 0 saturated carbocycles. The largest absolute Gasteiger partial charge is 0.507 e. The molecule has 0 amide bonds. The van der Waals surface area contributed by atoms with Crippen LogP contribution < -0.4 is 0 Å². The lowest BCUT2D eigenvalue weighted by atomic mass is 10.2. The van der Waals surface area contributed by atoms with E-state index in [4.69, 9.17) is 11.6 Å². The zero-order valence-electron chi connectivity index (χ0n) is 16.5. The average Bonchev–Trinajstić information content (AvgIpc) is 3.22. The number of phenols is 1. The molecule has 0 spiro atoms. The fourth-order valence-corrected chi connectivity index (χ4v) is 3.07. The molecule has 0 aliphatic heterocycles. The molecule has 32 heavy (non-hydrogen) atoms. The van der Waals surface area contributed by atoms with Gasteiger partial charge < -0.3 is 5.11 Å². The van der Waals surface area contributed by atoms with Crippen LogP contribution in [0.3, 0.4) is 0 Å². The molecule has 0 radical (unpaired) electrons. The minimum absolute atomic E-state index is 0.0274. The summed E-state index contributed by atoms with van der Waals surface area (Å²) >= 11 is 6.00. The number of aliphatic imine (C=N–C) groups is 1. The fourth-order valence-electron chi connectivity index (χ4n) is 2.89. The first kappa shape index (κ1) is 21.0. The van der Waals surface area contributed by atoms with Crippen LogP contribution in [0.1, 0.15) is 11.1 Å². The Hall–Kier alpha value is -4.30. The zero-order chi connectivity index (χ0) is 22.5. The Balaban J connectivity index is 1.72. The fraction of sp³-hybridized carbons (Fsp3) is 0. The van der Waals surface area contributed by atoms with E-state index in [1.807, 2.05) is 30.3 Å². The van der Waals surface area contributed by atoms with Crippen LogP contribution in [0, 0.1) is 10.1 Å². The second-order valence-corrected chi connectivity index (χ2v) is 7.13. The smallest absolute Gasteiger partial charge is 0.270 e. The van der Waals surface area contributed by atoms with Crippen LogP contribution in [0.2, 0.25) is 5.02 Å². The van der Waals surface area contributed by atoms with Crippen molar-refractivity contribution in [3.05, 3.63) is 105 Å². The monoisotopic (exact) mass is 445 g/mol. The number of hydrogen-bond acceptors (Lipinski definition) is 6. The molecule has 0 aliphatic rings. The number of nitro benzene ring substituents is 1. The highest BCUT2D eigenvalue weighted by Crippen LogP contribution is 2.24. The number of hydrogen-bond donors (Lipinski definition) is 1. The second-order valence-electron chi connectivity index (χ2n) is 6.69. The molecule has 1 N–H and O–H groups in total. The number of non-ortho nitro benzene ring substituents is 1. The molecule has 0 bridgehead atoms. The average molecular weight is 446 g/mol. The van der Waals surface area contributed by atoms with Crippen LogP contribution in [-0.2, 0) is 0 Å². The van der Waals surface area contributed by atoms with Gasteiger partial charge in [-0.2, -0.15) is 5.10 Å². The van der Waals surface area contributed by atoms with Crippen LogP contribution in [0.25, 0.3) is 11.3 Å². The summed E-state index contributed by atoms with van der Waals surface area (Å²) in [6.07, 6.45) is 4.63. The minimum Gasteiger partial charge on any atom is -0.507 e. The summed E-state index contributed by atoms with van der Waals surface area (Å²) in [6.45, 7) is 0. The molecular formula is C23H16ClN5O3. The highest BCUT2D eigenvalue weighted by Gasteiger charge is 2.09. The van der Waals surface area contributed by atoms with E-state index >= 15 is 0 Å². The van der Waals surface area contributed by atoms with Gasteiger partial charge in [0.1, 0.15) is 5.75 Å². The number of phenolic OH excluding ortho intramolecular Hbond substituents is 1. The van der Waals surface area contributed by atoms with E-state index in [0.29, 0.717) is 21.8 Å². The summed E-state index contributed by atoms with van der Waals surface area (Å²) in [4.78, 5) is 19.4. The zero-order valence-corrected chi connectivity index (χ0v) is 17.3. The topological polar surface area (TPSA) is 106 Å². The van der Waals surface area contributed by atoms with Crippen molar-refractivity contribution in [3.63, 3.8) is 0 Å². The molecule has 0 saturated heterocycles. The maximum absolute atomic E-state index is 11.0. The first-order valence-electron chi connectivity index (χ1n) is 9.46. The number of halogens is 1. The van der Waals surface area contributed by atoms with Gasteiger partial charge in [0.05, 0.1) is 23.0 Å². The summed E-state index contributed by atoms with van der Waals surface area (Å²) in [5, 5.41) is 25.9.